The zero-order valence-electron chi connectivity index (χ0n) is 11.4. The zero-order chi connectivity index (χ0) is 13.4. The molecule has 1 aromatic carbocycles. The van der Waals surface area contributed by atoms with Crippen molar-refractivity contribution in [2.24, 2.45) is 0 Å². The molecule has 0 amide bonds. The first-order valence-electron chi connectivity index (χ1n) is 6.80. The minimum absolute atomic E-state index is 0.313. The Labute approximate surface area is 113 Å². The molecule has 19 heavy (non-hydrogen) atoms. The molecule has 0 aromatic heterocycles. The summed E-state index contributed by atoms with van der Waals surface area (Å²) >= 11 is 0. The Balaban J connectivity index is 1.90. The maximum Gasteiger partial charge on any atom is 0.162 e. The average Bonchev–Trinajstić information content (AvgIpc) is 2.68. The molecule has 0 radical (unpaired) electrons. The lowest BCUT2D eigenvalue weighted by atomic mass is 9.94. The monoisotopic (exact) mass is 257 g/mol. The first-order valence-corrected chi connectivity index (χ1v) is 6.80. The summed E-state index contributed by atoms with van der Waals surface area (Å²) in [5.74, 6) is 1.16. The Morgan fingerprint density at radius 2 is 2.00 bits per heavy atom. The highest BCUT2D eigenvalue weighted by Crippen LogP contribution is 2.36. The van der Waals surface area contributed by atoms with E-state index >= 15 is 0 Å². The summed E-state index contributed by atoms with van der Waals surface area (Å²) in [4.78, 5) is 14.6. The number of carbonyl (C=O) groups excluding carboxylic acids is 1. The molecule has 1 aromatic rings. The summed E-state index contributed by atoms with van der Waals surface area (Å²) in [5.41, 5.74) is 2.05. The van der Waals surface area contributed by atoms with E-state index < -0.39 is 0 Å². The van der Waals surface area contributed by atoms with E-state index in [1.54, 1.807) is 7.11 Å². The lowest BCUT2D eigenvalue weighted by Crippen LogP contribution is -2.41. The number of fused-ring (bicyclic) bond motifs is 2. The number of piperidine rings is 1. The number of carbonyl (C=O) groups is 1. The van der Waals surface area contributed by atoms with E-state index in [2.05, 4.69) is 11.9 Å². The summed E-state index contributed by atoms with van der Waals surface area (Å²) in [6.07, 6.45) is 4.97. The fourth-order valence-electron chi connectivity index (χ4n) is 3.21. The van der Waals surface area contributed by atoms with Crippen LogP contribution in [0.2, 0.25) is 0 Å². The van der Waals surface area contributed by atoms with Gasteiger partial charge in [0.25, 0.3) is 0 Å². The standard InChI is InChI=1S/C16H19NO2/c1-17-12-5-8-15(17)14(16(18)10-12)9-11-3-6-13(19-2)7-4-11/h3-4,6-7,9,12,15H,5,8,10H2,1-2H3/b14-9+. The van der Waals surface area contributed by atoms with Gasteiger partial charge in [0.05, 0.1) is 7.11 Å². The van der Waals surface area contributed by atoms with E-state index in [1.807, 2.05) is 30.3 Å². The second-order valence-electron chi connectivity index (χ2n) is 5.41. The number of rotatable bonds is 2. The molecular weight excluding hydrogens is 238 g/mol. The third-order valence-electron chi connectivity index (χ3n) is 4.38. The van der Waals surface area contributed by atoms with Crippen LogP contribution >= 0.6 is 0 Å². The second kappa shape index (κ2) is 4.82. The number of Topliss-reactive ketones (excluding diaryl/α,β-unsaturated/α-hetero) is 1. The molecule has 2 fully saturated rings. The first kappa shape index (κ1) is 12.4. The molecule has 3 heteroatoms. The predicted octanol–water partition coefficient (Wildman–Crippen LogP) is 2.51. The molecule has 2 aliphatic rings. The van der Waals surface area contributed by atoms with Crippen molar-refractivity contribution in [3.05, 3.63) is 35.4 Å². The number of ether oxygens (including phenoxy) is 1. The highest BCUT2D eigenvalue weighted by molar-refractivity contribution is 6.02. The topological polar surface area (TPSA) is 29.5 Å². The fraction of sp³-hybridized carbons (Fsp3) is 0.438. The van der Waals surface area contributed by atoms with Crippen molar-refractivity contribution in [1.82, 2.24) is 4.90 Å². The summed E-state index contributed by atoms with van der Waals surface area (Å²) in [6, 6.07) is 8.64. The van der Waals surface area contributed by atoms with Gasteiger partial charge in [0.2, 0.25) is 0 Å². The van der Waals surface area contributed by atoms with Crippen molar-refractivity contribution < 1.29 is 9.53 Å². The Morgan fingerprint density at radius 3 is 2.68 bits per heavy atom. The zero-order valence-corrected chi connectivity index (χ0v) is 11.4. The van der Waals surface area contributed by atoms with Gasteiger partial charge in [-0.15, -0.1) is 0 Å². The van der Waals surface area contributed by atoms with Crippen LogP contribution in [0.1, 0.15) is 24.8 Å². The van der Waals surface area contributed by atoms with Crippen molar-refractivity contribution in [2.75, 3.05) is 14.2 Å². The molecule has 0 saturated carbocycles. The van der Waals surface area contributed by atoms with Crippen molar-refractivity contribution in [3.63, 3.8) is 0 Å². The van der Waals surface area contributed by atoms with Crippen LogP contribution in [0, 0.1) is 0 Å². The van der Waals surface area contributed by atoms with Crippen LogP contribution in [0.5, 0.6) is 5.75 Å². The molecule has 2 bridgehead atoms. The van der Waals surface area contributed by atoms with Crippen LogP contribution in [-0.4, -0.2) is 36.9 Å². The van der Waals surface area contributed by atoms with E-state index in [0.717, 1.165) is 29.7 Å². The summed E-state index contributed by atoms with van der Waals surface area (Å²) in [7, 11) is 3.79. The van der Waals surface area contributed by atoms with Gasteiger partial charge in [-0.25, -0.2) is 0 Å². The van der Waals surface area contributed by atoms with Gasteiger partial charge in [0.15, 0.2) is 5.78 Å². The number of likely N-dealkylation sites (N-methyl/N-ethyl adjacent to an activating group) is 1. The van der Waals surface area contributed by atoms with Gasteiger partial charge in [-0.3, -0.25) is 9.69 Å². The maximum absolute atomic E-state index is 12.2. The quantitative estimate of drug-likeness (QED) is 0.762. The second-order valence-corrected chi connectivity index (χ2v) is 5.41. The smallest absolute Gasteiger partial charge is 0.162 e. The van der Waals surface area contributed by atoms with Gasteiger partial charge in [-0.2, -0.15) is 0 Å². The first-order chi connectivity index (χ1) is 9.19. The van der Waals surface area contributed by atoms with Crippen molar-refractivity contribution in [3.8, 4) is 5.75 Å². The number of methoxy groups -OCH3 is 1. The van der Waals surface area contributed by atoms with Crippen molar-refractivity contribution >= 4 is 11.9 Å². The van der Waals surface area contributed by atoms with E-state index in [4.69, 9.17) is 4.74 Å². The van der Waals surface area contributed by atoms with Gasteiger partial charge < -0.3 is 4.74 Å². The Bertz CT molecular complexity index is 518. The van der Waals surface area contributed by atoms with Gasteiger partial charge >= 0.3 is 0 Å². The molecule has 3 rings (SSSR count). The lowest BCUT2D eigenvalue weighted by Gasteiger charge is -2.32. The molecule has 2 atom stereocenters. The minimum atomic E-state index is 0.313. The average molecular weight is 257 g/mol. The molecule has 2 saturated heterocycles. The molecule has 3 nitrogen and oxygen atoms in total. The Kier molecular flexibility index (Phi) is 3.15. The van der Waals surface area contributed by atoms with E-state index in [1.165, 1.54) is 0 Å². The van der Waals surface area contributed by atoms with E-state index in [-0.39, 0.29) is 0 Å². The number of ketones is 1. The summed E-state index contributed by atoms with van der Waals surface area (Å²) in [6.45, 7) is 0. The van der Waals surface area contributed by atoms with Crippen LogP contribution in [0.25, 0.3) is 6.08 Å². The fourth-order valence-corrected chi connectivity index (χ4v) is 3.21. The van der Waals surface area contributed by atoms with Crippen molar-refractivity contribution in [1.29, 1.82) is 0 Å². The molecule has 0 spiro atoms. The maximum atomic E-state index is 12.2. The number of nitrogens with zero attached hydrogens (tertiary/aromatic N) is 1. The van der Waals surface area contributed by atoms with E-state index in [0.29, 0.717) is 24.3 Å². The predicted molar refractivity (Wildman–Crippen MR) is 75.2 cm³/mol. The number of hydrogen-bond donors (Lipinski definition) is 0. The van der Waals surface area contributed by atoms with Crippen LogP contribution in [0.3, 0.4) is 0 Å². The van der Waals surface area contributed by atoms with Crippen LogP contribution in [-0.2, 0) is 4.79 Å². The van der Waals surface area contributed by atoms with Crippen molar-refractivity contribution in [2.45, 2.75) is 31.3 Å². The molecular formula is C16H19NO2. The van der Waals surface area contributed by atoms with Gasteiger partial charge in [0.1, 0.15) is 5.75 Å². The molecule has 2 unspecified atom stereocenters. The van der Waals surface area contributed by atoms with Gasteiger partial charge in [-0.1, -0.05) is 12.1 Å². The molecule has 2 aliphatic heterocycles. The van der Waals surface area contributed by atoms with Crippen LogP contribution < -0.4 is 4.74 Å². The highest BCUT2D eigenvalue weighted by Gasteiger charge is 2.41. The Hall–Kier alpha value is -1.61. The molecule has 0 N–H and O–H groups in total. The SMILES string of the molecule is COc1ccc(/C=C2/C(=O)CC3CCC2N3C)cc1. The third kappa shape index (κ3) is 2.19. The lowest BCUT2D eigenvalue weighted by molar-refractivity contribution is -0.118. The highest BCUT2D eigenvalue weighted by atomic mass is 16.5. The third-order valence-corrected chi connectivity index (χ3v) is 4.38. The minimum Gasteiger partial charge on any atom is -0.497 e. The summed E-state index contributed by atoms with van der Waals surface area (Å²) < 4.78 is 5.15. The molecule has 0 aliphatic carbocycles. The van der Waals surface area contributed by atoms with Gasteiger partial charge in [-0.05, 0) is 43.7 Å². The molecule has 2 heterocycles. The summed E-state index contributed by atoms with van der Waals surface area (Å²) in [5, 5.41) is 0. The molecule has 100 valence electrons. The normalized spacial score (nSPS) is 28.9. The van der Waals surface area contributed by atoms with Crippen LogP contribution in [0.15, 0.2) is 29.8 Å². The Morgan fingerprint density at radius 1 is 1.26 bits per heavy atom. The number of benzene rings is 1. The van der Waals surface area contributed by atoms with E-state index in [9.17, 15) is 4.79 Å². The van der Waals surface area contributed by atoms with Gasteiger partial charge in [0, 0.05) is 24.1 Å². The van der Waals surface area contributed by atoms with Crippen LogP contribution in [0.4, 0.5) is 0 Å². The largest absolute Gasteiger partial charge is 0.497 e. The number of hydrogen-bond acceptors (Lipinski definition) is 3.